The molecule has 0 N–H and O–H groups in total. The summed E-state index contributed by atoms with van der Waals surface area (Å²) in [5.41, 5.74) is 0.643. The second-order valence-corrected chi connectivity index (χ2v) is 2.92. The van der Waals surface area contributed by atoms with Crippen molar-refractivity contribution < 1.29 is 29.0 Å². The van der Waals surface area contributed by atoms with Crippen LogP contribution in [0.5, 0.6) is 5.75 Å². The van der Waals surface area contributed by atoms with E-state index in [2.05, 4.69) is 12.6 Å². The van der Waals surface area contributed by atoms with E-state index in [0.29, 0.717) is 11.3 Å². The molecule has 0 fully saturated rings. The van der Waals surface area contributed by atoms with Crippen molar-refractivity contribution in [2.45, 2.75) is 11.8 Å². The minimum absolute atomic E-state index is 0. The van der Waals surface area contributed by atoms with Crippen LogP contribution in [0, 0.1) is 0 Å². The fraction of sp³-hybridized carbons (Fsp3) is 0.222. The molecule has 0 heterocycles. The van der Waals surface area contributed by atoms with Crippen LogP contribution < -0.4 is 4.74 Å². The van der Waals surface area contributed by atoms with Crippen molar-refractivity contribution in [1.82, 2.24) is 0 Å². The van der Waals surface area contributed by atoms with Crippen LogP contribution in [0.25, 0.3) is 0 Å². The van der Waals surface area contributed by atoms with Crippen LogP contribution in [0.2, 0.25) is 0 Å². The van der Waals surface area contributed by atoms with E-state index >= 15 is 0 Å². The fourth-order valence-corrected chi connectivity index (χ4v) is 1.13. The summed E-state index contributed by atoms with van der Waals surface area (Å²) in [4.78, 5) is 11.7. The molecule has 13 heavy (non-hydrogen) atoms. The van der Waals surface area contributed by atoms with Crippen molar-refractivity contribution in [1.29, 1.82) is 0 Å². The van der Waals surface area contributed by atoms with E-state index in [4.69, 9.17) is 4.74 Å². The molecule has 0 aliphatic heterocycles. The molecule has 0 atom stereocenters. The molecule has 0 aromatic heterocycles. The van der Waals surface area contributed by atoms with Crippen LogP contribution in [0.4, 0.5) is 0 Å². The largest absolute Gasteiger partial charge is 0.496 e. The molecular formula is C9H10O2SZn. The van der Waals surface area contributed by atoms with E-state index in [1.165, 1.54) is 6.92 Å². The van der Waals surface area contributed by atoms with Crippen LogP contribution in [0.15, 0.2) is 23.1 Å². The van der Waals surface area contributed by atoms with E-state index in [1.807, 2.05) is 0 Å². The SMILES string of the molecule is COc1cc(C(C)=O)ccc1S.[Zn]. The third kappa shape index (κ3) is 3.13. The molecule has 1 rings (SSSR count). The number of benzene rings is 1. The zero-order valence-corrected chi connectivity index (χ0v) is 11.6. The first-order valence-electron chi connectivity index (χ1n) is 3.53. The number of carbonyl (C=O) groups excluding carboxylic acids is 1. The number of hydrogen-bond donors (Lipinski definition) is 1. The first-order valence-corrected chi connectivity index (χ1v) is 3.98. The van der Waals surface area contributed by atoms with Crippen molar-refractivity contribution in [2.75, 3.05) is 7.11 Å². The zero-order chi connectivity index (χ0) is 9.14. The molecule has 0 saturated heterocycles. The van der Waals surface area contributed by atoms with Crippen molar-refractivity contribution in [3.8, 4) is 5.75 Å². The van der Waals surface area contributed by atoms with Crippen molar-refractivity contribution in [3.05, 3.63) is 23.8 Å². The molecule has 4 heteroatoms. The standard InChI is InChI=1S/C9H10O2S.Zn/c1-6(10)7-3-4-9(12)8(5-7)11-2;/h3-5,12H,1-2H3;. The van der Waals surface area contributed by atoms with Gasteiger partial charge < -0.3 is 4.74 Å². The van der Waals surface area contributed by atoms with Gasteiger partial charge in [0.15, 0.2) is 5.78 Å². The maximum Gasteiger partial charge on any atom is 0.159 e. The number of ketones is 1. The Morgan fingerprint density at radius 1 is 1.46 bits per heavy atom. The Morgan fingerprint density at radius 2 is 2.08 bits per heavy atom. The first kappa shape index (κ1) is 12.7. The summed E-state index contributed by atoms with van der Waals surface area (Å²) in [5.74, 6) is 0.660. The quantitative estimate of drug-likeness (QED) is 0.493. The Morgan fingerprint density at radius 3 is 2.54 bits per heavy atom. The van der Waals surface area contributed by atoms with Gasteiger partial charge in [0.1, 0.15) is 5.75 Å². The number of hydrogen-bond acceptors (Lipinski definition) is 3. The first-order chi connectivity index (χ1) is 5.65. The van der Waals surface area contributed by atoms with Crippen molar-refractivity contribution in [2.24, 2.45) is 0 Å². The predicted octanol–water partition coefficient (Wildman–Crippen LogP) is 2.18. The van der Waals surface area contributed by atoms with E-state index in [0.717, 1.165) is 4.90 Å². The van der Waals surface area contributed by atoms with Gasteiger partial charge in [0.2, 0.25) is 0 Å². The molecule has 1 aromatic rings. The van der Waals surface area contributed by atoms with Crippen LogP contribution in [0.1, 0.15) is 17.3 Å². The number of rotatable bonds is 2. The summed E-state index contributed by atoms with van der Waals surface area (Å²) in [6.07, 6.45) is 0. The number of thiol groups is 1. The van der Waals surface area contributed by atoms with Gasteiger partial charge in [0, 0.05) is 29.9 Å². The smallest absolute Gasteiger partial charge is 0.159 e. The summed E-state index contributed by atoms with van der Waals surface area (Å²) in [5, 5.41) is 0. The summed E-state index contributed by atoms with van der Waals surface area (Å²) in [7, 11) is 1.55. The van der Waals surface area contributed by atoms with Crippen LogP contribution in [0.3, 0.4) is 0 Å². The Balaban J connectivity index is 0.00000144. The number of ether oxygens (including phenoxy) is 1. The zero-order valence-electron chi connectivity index (χ0n) is 7.70. The minimum Gasteiger partial charge on any atom is -0.496 e. The third-order valence-corrected chi connectivity index (χ3v) is 1.96. The predicted molar refractivity (Wildman–Crippen MR) is 50.3 cm³/mol. The van der Waals surface area contributed by atoms with Crippen LogP contribution in [-0.4, -0.2) is 12.9 Å². The topological polar surface area (TPSA) is 26.3 Å². The molecule has 0 saturated carbocycles. The molecule has 0 radical (unpaired) electrons. The van der Waals surface area contributed by atoms with Gasteiger partial charge in [-0.3, -0.25) is 4.79 Å². The Kier molecular flexibility index (Phi) is 5.27. The Bertz CT molecular complexity index is 312. The third-order valence-electron chi connectivity index (χ3n) is 1.59. The summed E-state index contributed by atoms with van der Waals surface area (Å²) < 4.78 is 5.01. The van der Waals surface area contributed by atoms with Crippen LogP contribution >= 0.6 is 12.6 Å². The Labute approximate surface area is 95.8 Å². The monoisotopic (exact) mass is 246 g/mol. The molecule has 0 unspecified atom stereocenters. The van der Waals surface area contributed by atoms with Gasteiger partial charge in [-0.05, 0) is 19.1 Å². The summed E-state index contributed by atoms with van der Waals surface area (Å²) in [6, 6.07) is 5.16. The molecule has 1 aromatic carbocycles. The normalized spacial score (nSPS) is 8.85. The van der Waals surface area contributed by atoms with Gasteiger partial charge >= 0.3 is 0 Å². The number of carbonyl (C=O) groups is 1. The van der Waals surface area contributed by atoms with Gasteiger partial charge in [-0.1, -0.05) is 6.07 Å². The minimum atomic E-state index is 0. The van der Waals surface area contributed by atoms with Gasteiger partial charge in [-0.25, -0.2) is 0 Å². The number of methoxy groups -OCH3 is 1. The van der Waals surface area contributed by atoms with E-state index in [-0.39, 0.29) is 25.3 Å². The molecule has 0 amide bonds. The van der Waals surface area contributed by atoms with E-state index in [1.54, 1.807) is 25.3 Å². The van der Waals surface area contributed by atoms with E-state index in [9.17, 15) is 4.79 Å². The summed E-state index contributed by atoms with van der Waals surface area (Å²) >= 11 is 4.16. The Hall–Kier alpha value is -0.337. The summed E-state index contributed by atoms with van der Waals surface area (Å²) in [6.45, 7) is 1.52. The average molecular weight is 248 g/mol. The molecule has 66 valence electrons. The second-order valence-electron chi connectivity index (χ2n) is 2.44. The molecule has 0 aliphatic carbocycles. The molecule has 0 spiro atoms. The molecular weight excluding hydrogens is 238 g/mol. The molecule has 0 bridgehead atoms. The van der Waals surface area contributed by atoms with Gasteiger partial charge in [0.05, 0.1) is 7.11 Å². The van der Waals surface area contributed by atoms with E-state index < -0.39 is 0 Å². The van der Waals surface area contributed by atoms with Gasteiger partial charge in [-0.15, -0.1) is 12.6 Å². The van der Waals surface area contributed by atoms with Crippen molar-refractivity contribution >= 4 is 18.4 Å². The van der Waals surface area contributed by atoms with Crippen molar-refractivity contribution in [3.63, 3.8) is 0 Å². The maximum atomic E-state index is 10.9. The maximum absolute atomic E-state index is 10.9. The number of Topliss-reactive ketones (excluding diaryl/α,β-unsaturated/α-hetero) is 1. The fourth-order valence-electron chi connectivity index (χ4n) is 0.897. The molecule has 0 aliphatic rings. The second kappa shape index (κ2) is 5.41. The van der Waals surface area contributed by atoms with Gasteiger partial charge in [-0.2, -0.15) is 0 Å². The average Bonchev–Trinajstić information content (AvgIpc) is 2.05. The van der Waals surface area contributed by atoms with Crippen LogP contribution in [-0.2, 0) is 19.5 Å². The molecule has 2 nitrogen and oxygen atoms in total. The van der Waals surface area contributed by atoms with Gasteiger partial charge in [0.25, 0.3) is 0 Å².